The number of imidazole rings is 1. The number of anilines is 1. The van der Waals surface area contributed by atoms with E-state index in [9.17, 15) is 14.7 Å². The first kappa shape index (κ1) is 29.3. The van der Waals surface area contributed by atoms with Gasteiger partial charge in [0.1, 0.15) is 17.3 Å². The van der Waals surface area contributed by atoms with E-state index in [1.54, 1.807) is 38.4 Å². The van der Waals surface area contributed by atoms with Crippen LogP contribution in [-0.2, 0) is 5.54 Å². The zero-order valence-electron chi connectivity index (χ0n) is 25.7. The summed E-state index contributed by atoms with van der Waals surface area (Å²) >= 11 is 0. The third-order valence-electron chi connectivity index (χ3n) is 8.59. The number of hydrogen-bond donors (Lipinski definition) is 4. The second-order valence-corrected chi connectivity index (χ2v) is 12.5. The summed E-state index contributed by atoms with van der Waals surface area (Å²) in [4.78, 5) is 35.7. The van der Waals surface area contributed by atoms with Crippen molar-refractivity contribution in [2.75, 3.05) is 26.1 Å². The number of carbonyl (C=O) groups excluding carboxylic acids is 2. The van der Waals surface area contributed by atoms with Crippen LogP contribution in [0.2, 0.25) is 0 Å². The first-order valence-electron chi connectivity index (χ1n) is 15.2. The monoisotopic (exact) mass is 593 g/mol. The van der Waals surface area contributed by atoms with Crippen LogP contribution in [0.5, 0.6) is 11.5 Å². The Morgan fingerprint density at radius 1 is 1.00 bits per heavy atom. The molecule has 2 heterocycles. The number of H-pyrrole nitrogens is 1. The van der Waals surface area contributed by atoms with Gasteiger partial charge in [-0.1, -0.05) is 25.3 Å². The molecule has 3 aromatic carbocycles. The van der Waals surface area contributed by atoms with Crippen molar-refractivity contribution in [2.45, 2.75) is 51.5 Å². The van der Waals surface area contributed by atoms with Crippen molar-refractivity contribution in [3.63, 3.8) is 0 Å². The van der Waals surface area contributed by atoms with Gasteiger partial charge in [0, 0.05) is 48.1 Å². The van der Waals surface area contributed by atoms with Crippen molar-refractivity contribution in [2.24, 2.45) is 5.92 Å². The molecule has 0 atom stereocenters. The molecule has 0 unspecified atom stereocenters. The number of fused-ring (bicyclic) bond motifs is 3. The summed E-state index contributed by atoms with van der Waals surface area (Å²) in [6.07, 6.45) is 8.02. The van der Waals surface area contributed by atoms with Gasteiger partial charge in [-0.2, -0.15) is 0 Å². The summed E-state index contributed by atoms with van der Waals surface area (Å²) in [6.45, 7) is 3.98. The van der Waals surface area contributed by atoms with Crippen LogP contribution < -0.4 is 15.4 Å². The van der Waals surface area contributed by atoms with Gasteiger partial charge in [0.25, 0.3) is 11.8 Å². The van der Waals surface area contributed by atoms with E-state index in [1.165, 1.54) is 29.7 Å². The van der Waals surface area contributed by atoms with Crippen molar-refractivity contribution < 1.29 is 19.4 Å². The number of hydrogen-bond acceptors (Lipinski definition) is 6. The lowest BCUT2D eigenvalue weighted by Crippen LogP contribution is -2.41. The second-order valence-electron chi connectivity index (χ2n) is 12.5. The Kier molecular flexibility index (Phi) is 7.80. The Morgan fingerprint density at radius 3 is 2.55 bits per heavy atom. The molecule has 1 aromatic heterocycles. The highest BCUT2D eigenvalue weighted by atomic mass is 16.5. The zero-order chi connectivity index (χ0) is 31.0. The lowest BCUT2D eigenvalue weighted by molar-refractivity contribution is 0.0827. The summed E-state index contributed by atoms with van der Waals surface area (Å²) in [7, 11) is 3.44. The van der Waals surface area contributed by atoms with Gasteiger partial charge in [-0.05, 0) is 86.7 Å². The third-order valence-corrected chi connectivity index (χ3v) is 8.59. The molecule has 9 heteroatoms. The molecular weight excluding hydrogens is 554 g/mol. The number of ether oxygens (including phenoxy) is 1. The predicted molar refractivity (Wildman–Crippen MR) is 173 cm³/mol. The number of rotatable bonds is 5. The van der Waals surface area contributed by atoms with Crippen molar-refractivity contribution in [3.05, 3.63) is 82.7 Å². The molecule has 1 saturated carbocycles. The minimum Gasteiger partial charge on any atom is -0.508 e. The molecule has 2 amide bonds. The highest BCUT2D eigenvalue weighted by Crippen LogP contribution is 2.42. The highest BCUT2D eigenvalue weighted by Gasteiger charge is 2.29. The molecule has 6 rings (SSSR count). The molecule has 0 bridgehead atoms. The van der Waals surface area contributed by atoms with Crippen molar-refractivity contribution >= 4 is 40.2 Å². The molecule has 0 spiro atoms. The van der Waals surface area contributed by atoms with Gasteiger partial charge in [0.2, 0.25) is 0 Å². The predicted octanol–water partition coefficient (Wildman–Crippen LogP) is 6.52. The second kappa shape index (κ2) is 11.7. The quantitative estimate of drug-likeness (QED) is 0.209. The number of aromatic nitrogens is 2. The van der Waals surface area contributed by atoms with E-state index in [0.29, 0.717) is 28.6 Å². The van der Waals surface area contributed by atoms with Gasteiger partial charge in [-0.3, -0.25) is 9.59 Å². The Hall–Kier alpha value is -4.79. The molecule has 228 valence electrons. The number of aromatic amines is 1. The molecule has 1 fully saturated rings. The van der Waals surface area contributed by atoms with E-state index < -0.39 is 5.54 Å². The number of allylic oxidation sites excluding steroid dienone is 1. The van der Waals surface area contributed by atoms with E-state index in [2.05, 4.69) is 21.7 Å². The SMILES string of the molecule is CN(C)C(=O)c1ccc2nc(C(C)(C)NC(=O)c3ccc4c(c3)NCOc3cc(O)ccc3/C=C/4C3CCCCC3)[nH]c2c1. The standard InChI is InChI=1S/C35H39N5O4/c1-35(2,34-37-28-15-12-24(18-30(28)38-34)33(43)40(3)4)39-32(42)23-11-14-26-27(21-8-6-5-7-9-21)16-22-10-13-25(41)19-31(22)44-20-36-29(26)17-23/h10-19,21,36,41H,5-9,20H2,1-4H3,(H,37,38)(H,39,42)/b27-16+. The van der Waals surface area contributed by atoms with E-state index in [0.717, 1.165) is 40.7 Å². The molecule has 1 aliphatic carbocycles. The zero-order valence-corrected chi connectivity index (χ0v) is 25.7. The van der Waals surface area contributed by atoms with Crippen LogP contribution in [0.3, 0.4) is 0 Å². The van der Waals surface area contributed by atoms with Crippen LogP contribution in [-0.4, -0.2) is 52.6 Å². The normalized spacial score (nSPS) is 16.6. The number of nitrogens with zero attached hydrogens (tertiary/aromatic N) is 2. The number of carbonyl (C=O) groups is 2. The Morgan fingerprint density at radius 2 is 1.77 bits per heavy atom. The van der Waals surface area contributed by atoms with E-state index in [-0.39, 0.29) is 24.3 Å². The average Bonchev–Trinajstić information content (AvgIpc) is 3.47. The van der Waals surface area contributed by atoms with Crippen LogP contribution in [0.4, 0.5) is 5.69 Å². The Bertz CT molecular complexity index is 1760. The molecule has 4 aromatic rings. The van der Waals surface area contributed by atoms with Crippen LogP contribution in [0.25, 0.3) is 22.7 Å². The average molecular weight is 594 g/mol. The first-order chi connectivity index (χ1) is 21.1. The molecular formula is C35H39N5O4. The van der Waals surface area contributed by atoms with Gasteiger partial charge in [-0.25, -0.2) is 4.98 Å². The maximum atomic E-state index is 13.7. The van der Waals surface area contributed by atoms with Crippen LogP contribution >= 0.6 is 0 Å². The molecule has 0 saturated heterocycles. The summed E-state index contributed by atoms with van der Waals surface area (Å²) < 4.78 is 6.03. The fourth-order valence-electron chi connectivity index (χ4n) is 6.15. The van der Waals surface area contributed by atoms with Crippen LogP contribution in [0.1, 0.15) is 83.6 Å². The summed E-state index contributed by atoms with van der Waals surface area (Å²) in [5.41, 5.74) is 5.71. The minimum absolute atomic E-state index is 0.0900. The van der Waals surface area contributed by atoms with Crippen molar-refractivity contribution in [1.29, 1.82) is 0 Å². The Labute approximate surface area is 257 Å². The number of amides is 2. The maximum Gasteiger partial charge on any atom is 0.253 e. The van der Waals surface area contributed by atoms with E-state index in [4.69, 9.17) is 9.72 Å². The largest absolute Gasteiger partial charge is 0.508 e. The number of aromatic hydroxyl groups is 1. The lowest BCUT2D eigenvalue weighted by atomic mass is 9.79. The molecule has 9 nitrogen and oxygen atoms in total. The van der Waals surface area contributed by atoms with Gasteiger partial charge in [0.05, 0.1) is 16.6 Å². The Balaban J connectivity index is 1.29. The maximum absolute atomic E-state index is 13.7. The van der Waals surface area contributed by atoms with Crippen LogP contribution in [0.15, 0.2) is 54.6 Å². The molecule has 1 aliphatic heterocycles. The number of benzene rings is 3. The molecule has 44 heavy (non-hydrogen) atoms. The summed E-state index contributed by atoms with van der Waals surface area (Å²) in [6, 6.07) is 16.4. The lowest BCUT2D eigenvalue weighted by Gasteiger charge is -2.27. The van der Waals surface area contributed by atoms with Crippen LogP contribution in [0, 0.1) is 5.92 Å². The van der Waals surface area contributed by atoms with E-state index in [1.807, 2.05) is 44.2 Å². The third kappa shape index (κ3) is 5.86. The smallest absolute Gasteiger partial charge is 0.253 e. The van der Waals surface area contributed by atoms with Gasteiger partial charge in [0.15, 0.2) is 6.73 Å². The molecule has 4 N–H and O–H groups in total. The van der Waals surface area contributed by atoms with Gasteiger partial charge >= 0.3 is 0 Å². The van der Waals surface area contributed by atoms with Gasteiger partial charge in [-0.15, -0.1) is 0 Å². The topological polar surface area (TPSA) is 120 Å². The molecule has 0 radical (unpaired) electrons. The van der Waals surface area contributed by atoms with E-state index >= 15 is 0 Å². The van der Waals surface area contributed by atoms with Crippen molar-refractivity contribution in [1.82, 2.24) is 20.2 Å². The molecule has 2 aliphatic rings. The number of phenols is 1. The van der Waals surface area contributed by atoms with Crippen molar-refractivity contribution in [3.8, 4) is 11.5 Å². The summed E-state index contributed by atoms with van der Waals surface area (Å²) in [5.74, 6) is 1.43. The van der Waals surface area contributed by atoms with Gasteiger partial charge < -0.3 is 30.4 Å². The number of nitrogens with one attached hydrogen (secondary N) is 3. The minimum atomic E-state index is -0.822. The first-order valence-corrected chi connectivity index (χ1v) is 15.2. The fourth-order valence-corrected chi connectivity index (χ4v) is 6.15. The highest BCUT2D eigenvalue weighted by molar-refractivity contribution is 5.99. The fraction of sp³-hybridized carbons (Fsp3) is 0.343. The summed E-state index contributed by atoms with van der Waals surface area (Å²) in [5, 5.41) is 16.6. The number of phenolic OH excluding ortho intramolecular Hbond substituents is 1.